The number of nitrogens with two attached hydrogens (primary N) is 1. The number of hydrogen-bond acceptors (Lipinski definition) is 4. The summed E-state index contributed by atoms with van der Waals surface area (Å²) in [5, 5.41) is 7.09. The van der Waals surface area contributed by atoms with Gasteiger partial charge in [-0.2, -0.15) is 4.31 Å². The van der Waals surface area contributed by atoms with Crippen molar-refractivity contribution < 1.29 is 13.2 Å². The molecule has 0 unspecified atom stereocenters. The van der Waals surface area contributed by atoms with Gasteiger partial charge in [-0.15, -0.1) is 0 Å². The molecule has 0 aliphatic rings. The van der Waals surface area contributed by atoms with Gasteiger partial charge in [-0.1, -0.05) is 6.92 Å². The Morgan fingerprint density at radius 2 is 2.06 bits per heavy atom. The third-order valence-corrected chi connectivity index (χ3v) is 3.74. The largest absolute Gasteiger partial charge is 0.387 e. The van der Waals surface area contributed by atoms with Crippen LogP contribution in [0.2, 0.25) is 0 Å². The predicted molar refractivity (Wildman–Crippen MR) is 64.0 cm³/mol. The highest BCUT2D eigenvalue weighted by Gasteiger charge is 2.20. The highest BCUT2D eigenvalue weighted by molar-refractivity contribution is 7.89. The molecule has 0 aromatic carbocycles. The van der Waals surface area contributed by atoms with Crippen molar-refractivity contribution in [3.63, 3.8) is 0 Å². The van der Waals surface area contributed by atoms with Gasteiger partial charge in [0.2, 0.25) is 10.0 Å². The Labute approximate surface area is 97.3 Å². The molecule has 0 spiro atoms. The monoisotopic (exact) mass is 251 g/mol. The number of ether oxygens (including phenoxy) is 1. The minimum atomic E-state index is -3.38. The number of sulfonamides is 1. The van der Waals surface area contributed by atoms with E-state index in [2.05, 4.69) is 0 Å². The van der Waals surface area contributed by atoms with Gasteiger partial charge < -0.3 is 10.5 Å². The summed E-state index contributed by atoms with van der Waals surface area (Å²) in [6.45, 7) is 5.82. The lowest BCUT2D eigenvalue weighted by Gasteiger charge is -2.19. The Balaban J connectivity index is 4.32. The second-order valence-electron chi connectivity index (χ2n) is 3.69. The van der Waals surface area contributed by atoms with Crippen LogP contribution >= 0.6 is 0 Å². The minimum Gasteiger partial charge on any atom is -0.387 e. The molecule has 0 aliphatic carbocycles. The standard InChI is InChI=1S/C9H21N3O3S/c1-4-12(7-9(10)11)16(13,14)6-5-15-8(2)3/h8H,4-7H2,1-3H3,(H3,10,11). The second kappa shape index (κ2) is 6.82. The van der Waals surface area contributed by atoms with Crippen LogP contribution in [-0.2, 0) is 14.8 Å². The van der Waals surface area contributed by atoms with Gasteiger partial charge in [-0.3, -0.25) is 5.41 Å². The van der Waals surface area contributed by atoms with Crippen molar-refractivity contribution in [3.8, 4) is 0 Å². The van der Waals surface area contributed by atoms with Gasteiger partial charge in [0, 0.05) is 6.54 Å². The van der Waals surface area contributed by atoms with Gasteiger partial charge in [0.1, 0.15) is 5.84 Å². The predicted octanol–water partition coefficient (Wildman–Crippen LogP) is -0.000930. The van der Waals surface area contributed by atoms with Gasteiger partial charge in [-0.25, -0.2) is 8.42 Å². The SMILES string of the molecule is CCN(CC(=N)N)S(=O)(=O)CCOC(C)C. The fourth-order valence-corrected chi connectivity index (χ4v) is 2.41. The molecule has 7 heteroatoms. The van der Waals surface area contributed by atoms with Crippen LogP contribution in [0.4, 0.5) is 0 Å². The maximum atomic E-state index is 11.8. The Morgan fingerprint density at radius 1 is 1.50 bits per heavy atom. The average molecular weight is 251 g/mol. The molecule has 0 amide bonds. The minimum absolute atomic E-state index is 0.0121. The third-order valence-electron chi connectivity index (χ3n) is 1.89. The molecule has 3 N–H and O–H groups in total. The van der Waals surface area contributed by atoms with E-state index in [9.17, 15) is 8.42 Å². The van der Waals surface area contributed by atoms with E-state index in [0.717, 1.165) is 0 Å². The van der Waals surface area contributed by atoms with Gasteiger partial charge in [0.15, 0.2) is 0 Å². The fourth-order valence-electron chi connectivity index (χ4n) is 1.12. The zero-order chi connectivity index (χ0) is 12.8. The quantitative estimate of drug-likeness (QED) is 0.469. The van der Waals surface area contributed by atoms with Crippen LogP contribution in [0.25, 0.3) is 0 Å². The van der Waals surface area contributed by atoms with Crippen molar-refractivity contribution in [2.75, 3.05) is 25.4 Å². The Kier molecular flexibility index (Phi) is 6.54. The topological polar surface area (TPSA) is 96.5 Å². The van der Waals surface area contributed by atoms with Gasteiger partial charge in [0.25, 0.3) is 0 Å². The zero-order valence-corrected chi connectivity index (χ0v) is 10.9. The smallest absolute Gasteiger partial charge is 0.216 e. The second-order valence-corrected chi connectivity index (χ2v) is 5.78. The van der Waals surface area contributed by atoms with Crippen molar-refractivity contribution >= 4 is 15.9 Å². The van der Waals surface area contributed by atoms with Crippen LogP contribution in [0.3, 0.4) is 0 Å². The number of likely N-dealkylation sites (N-methyl/N-ethyl adjacent to an activating group) is 1. The molecule has 0 bridgehead atoms. The van der Waals surface area contributed by atoms with Crippen LogP contribution in [0.1, 0.15) is 20.8 Å². The molecule has 0 saturated heterocycles. The molecule has 0 saturated carbocycles. The first-order valence-electron chi connectivity index (χ1n) is 5.22. The van der Waals surface area contributed by atoms with E-state index in [4.69, 9.17) is 15.9 Å². The first kappa shape index (κ1) is 15.3. The summed E-state index contributed by atoms with van der Waals surface area (Å²) in [5.41, 5.74) is 5.19. The molecule has 0 fully saturated rings. The Morgan fingerprint density at radius 3 is 2.44 bits per heavy atom. The zero-order valence-electron chi connectivity index (χ0n) is 10.1. The molecule has 0 aromatic heterocycles. The number of rotatable bonds is 8. The fraction of sp³-hybridized carbons (Fsp3) is 0.889. The summed E-state index contributed by atoms with van der Waals surface area (Å²) < 4.78 is 29.9. The van der Waals surface area contributed by atoms with E-state index < -0.39 is 10.0 Å². The van der Waals surface area contributed by atoms with Crippen molar-refractivity contribution in [1.82, 2.24) is 4.31 Å². The highest BCUT2D eigenvalue weighted by Crippen LogP contribution is 2.01. The molecular weight excluding hydrogens is 230 g/mol. The normalized spacial score (nSPS) is 12.3. The average Bonchev–Trinajstić information content (AvgIpc) is 2.12. The summed E-state index contributed by atoms with van der Waals surface area (Å²) in [4.78, 5) is 0. The summed E-state index contributed by atoms with van der Waals surface area (Å²) in [5.74, 6) is -0.234. The molecule has 0 rings (SSSR count). The number of amidine groups is 1. The maximum Gasteiger partial charge on any atom is 0.216 e. The van der Waals surface area contributed by atoms with Crippen LogP contribution in [0, 0.1) is 5.41 Å². The number of hydrogen-bond donors (Lipinski definition) is 2. The maximum absolute atomic E-state index is 11.8. The lowest BCUT2D eigenvalue weighted by molar-refractivity contribution is 0.0907. The van der Waals surface area contributed by atoms with Crippen LogP contribution < -0.4 is 5.73 Å². The first-order chi connectivity index (χ1) is 7.29. The molecule has 0 aliphatic heterocycles. The molecular formula is C9H21N3O3S. The first-order valence-corrected chi connectivity index (χ1v) is 6.82. The van der Waals surface area contributed by atoms with Crippen molar-refractivity contribution in [2.24, 2.45) is 5.73 Å². The van der Waals surface area contributed by atoms with Crippen LogP contribution in [0.5, 0.6) is 0 Å². The molecule has 6 nitrogen and oxygen atoms in total. The molecule has 16 heavy (non-hydrogen) atoms. The Hall–Kier alpha value is -0.660. The van der Waals surface area contributed by atoms with Crippen molar-refractivity contribution in [3.05, 3.63) is 0 Å². The van der Waals surface area contributed by atoms with Crippen molar-refractivity contribution in [1.29, 1.82) is 5.41 Å². The molecule has 0 radical (unpaired) electrons. The van der Waals surface area contributed by atoms with E-state index in [0.29, 0.717) is 6.54 Å². The van der Waals surface area contributed by atoms with E-state index in [1.54, 1.807) is 6.92 Å². The van der Waals surface area contributed by atoms with E-state index in [1.165, 1.54) is 4.31 Å². The highest BCUT2D eigenvalue weighted by atomic mass is 32.2. The third kappa shape index (κ3) is 6.04. The number of nitrogens with one attached hydrogen (secondary N) is 1. The van der Waals surface area contributed by atoms with E-state index >= 15 is 0 Å². The summed E-state index contributed by atoms with van der Waals surface area (Å²) in [7, 11) is -3.38. The van der Waals surface area contributed by atoms with E-state index in [1.807, 2.05) is 13.8 Å². The molecule has 96 valence electrons. The molecule has 0 heterocycles. The lowest BCUT2D eigenvalue weighted by atomic mass is 10.5. The lowest BCUT2D eigenvalue weighted by Crippen LogP contribution is -2.40. The van der Waals surface area contributed by atoms with Gasteiger partial charge in [0.05, 0.1) is 25.0 Å². The molecule has 0 atom stereocenters. The van der Waals surface area contributed by atoms with Crippen molar-refractivity contribution in [2.45, 2.75) is 26.9 Å². The van der Waals surface area contributed by atoms with Gasteiger partial charge >= 0.3 is 0 Å². The Bertz CT molecular complexity index is 314. The van der Waals surface area contributed by atoms with Gasteiger partial charge in [-0.05, 0) is 13.8 Å². The van der Waals surface area contributed by atoms with E-state index in [-0.39, 0.29) is 30.8 Å². The van der Waals surface area contributed by atoms with Crippen LogP contribution in [0.15, 0.2) is 0 Å². The summed E-state index contributed by atoms with van der Waals surface area (Å²) >= 11 is 0. The number of nitrogens with zero attached hydrogens (tertiary/aromatic N) is 1. The summed E-state index contributed by atoms with van der Waals surface area (Å²) in [6, 6.07) is 0. The summed E-state index contributed by atoms with van der Waals surface area (Å²) in [6.07, 6.45) is 0.0121. The van der Waals surface area contributed by atoms with Crippen LogP contribution in [-0.4, -0.2) is 50.1 Å². The molecule has 0 aromatic rings.